The molecule has 7 atom stereocenters. The number of piperidine rings is 2. The fourth-order valence-electron chi connectivity index (χ4n) is 13.0. The number of piperazine rings is 1. The molecular formula is C56H63FN10O9. The fraction of sp³-hybridized carbons (Fsp3) is 0.500. The minimum Gasteiger partial charge on any atom is -0.508 e. The molecule has 2 bridgehead atoms. The molecule has 4 N–H and O–H groups in total. The van der Waals surface area contributed by atoms with Crippen molar-refractivity contribution >= 4 is 57.0 Å². The lowest BCUT2D eigenvalue weighted by Gasteiger charge is -2.38. The summed E-state index contributed by atoms with van der Waals surface area (Å²) in [5.41, 5.74) is 1.04. The van der Waals surface area contributed by atoms with Crippen molar-refractivity contribution in [1.29, 1.82) is 0 Å². The molecule has 2 aromatic heterocycles. The number of halogens is 1. The monoisotopic (exact) mass is 1040 g/mol. The number of likely N-dealkylation sites (tertiary alicyclic amines) is 2. The number of hydrogen-bond donors (Lipinski definition) is 4. The lowest BCUT2D eigenvalue weighted by molar-refractivity contribution is -0.136. The summed E-state index contributed by atoms with van der Waals surface area (Å²) in [5.74, 6) is -0.442. The molecule has 5 saturated heterocycles. The highest BCUT2D eigenvalue weighted by molar-refractivity contribution is 6.23. The minimum absolute atomic E-state index is 0.00840. The second kappa shape index (κ2) is 20.9. The number of anilines is 1. The molecule has 0 spiro atoms. The number of amides is 5. The van der Waals surface area contributed by atoms with Gasteiger partial charge in [-0.1, -0.05) is 24.3 Å². The van der Waals surface area contributed by atoms with Crippen molar-refractivity contribution in [3.05, 3.63) is 77.7 Å². The minimum atomic E-state index is -1.04. The molecule has 12 rings (SSSR count). The topological polar surface area (TPSA) is 221 Å². The standard InChI is InChI=1S/C56H63FN10O9/c1-64-29-37(65-15-12-31(13-16-65)52(70)58-14-17-74-18-19-75-40-8-9-42-44(25-40)55(73)67(54(42)72)46-10-11-47(69)61-53(46)71)23-38(64)30-76-56-62-50-45(51(63-56)66-27-35-20-32-6-7-33(32)21-36(28-66)60-35)26-59-49(48(50)57)43-24-39(68)22-34-4-2-3-5-41(34)43/h2-5,8-9,22,24-26,31-33,35-38,46,60,68H,6-7,10-21,23,27-30H2,1H3,(H,58,70)(H,61,69,71)/t32?,33?,35?,36?,37-,38-,46?/m1/s1. The van der Waals surface area contributed by atoms with E-state index < -0.39 is 35.5 Å². The number of ether oxygens (including phenoxy) is 3. The van der Waals surface area contributed by atoms with E-state index in [9.17, 15) is 29.1 Å². The molecule has 5 aromatic rings. The van der Waals surface area contributed by atoms with Gasteiger partial charge in [-0.05, 0) is 124 Å². The molecule has 6 aliphatic heterocycles. The van der Waals surface area contributed by atoms with Gasteiger partial charge in [0.2, 0.25) is 17.7 Å². The molecule has 76 heavy (non-hydrogen) atoms. The van der Waals surface area contributed by atoms with Crippen LogP contribution in [0.2, 0.25) is 0 Å². The van der Waals surface area contributed by atoms with E-state index in [1.165, 1.54) is 25.0 Å². The van der Waals surface area contributed by atoms with Gasteiger partial charge in [0, 0.05) is 74.4 Å². The second-order valence-corrected chi connectivity index (χ2v) is 21.8. The number of imide groups is 2. The molecular weight excluding hydrogens is 976 g/mol. The maximum atomic E-state index is 17.2. The fourth-order valence-corrected chi connectivity index (χ4v) is 13.0. The smallest absolute Gasteiger partial charge is 0.319 e. The molecule has 398 valence electrons. The highest BCUT2D eigenvalue weighted by Crippen LogP contribution is 2.45. The van der Waals surface area contributed by atoms with Crippen LogP contribution in [0.25, 0.3) is 32.9 Å². The van der Waals surface area contributed by atoms with Gasteiger partial charge in [0.15, 0.2) is 5.82 Å². The first-order valence-corrected chi connectivity index (χ1v) is 26.9. The van der Waals surface area contributed by atoms with Gasteiger partial charge >= 0.3 is 6.01 Å². The number of aromatic hydroxyl groups is 1. The summed E-state index contributed by atoms with van der Waals surface area (Å²) in [7, 11) is 2.10. The van der Waals surface area contributed by atoms with E-state index in [2.05, 4.69) is 37.7 Å². The van der Waals surface area contributed by atoms with Crippen LogP contribution in [-0.2, 0) is 19.1 Å². The van der Waals surface area contributed by atoms with Crippen LogP contribution in [0.4, 0.5) is 10.2 Å². The van der Waals surface area contributed by atoms with Gasteiger partial charge in [0.25, 0.3) is 11.8 Å². The van der Waals surface area contributed by atoms with Gasteiger partial charge in [0.1, 0.15) is 47.8 Å². The Morgan fingerprint density at radius 1 is 0.829 bits per heavy atom. The van der Waals surface area contributed by atoms with Crippen LogP contribution in [0.15, 0.2) is 60.8 Å². The Morgan fingerprint density at radius 3 is 2.38 bits per heavy atom. The van der Waals surface area contributed by atoms with E-state index in [4.69, 9.17) is 29.2 Å². The Hall–Kier alpha value is -6.87. The lowest BCUT2D eigenvalue weighted by atomic mass is 9.69. The normalized spacial score (nSPS) is 26.1. The number of nitrogens with one attached hydrogen (secondary N) is 3. The van der Waals surface area contributed by atoms with E-state index in [1.807, 2.05) is 24.3 Å². The molecule has 5 unspecified atom stereocenters. The number of phenolic OH excluding ortho intramolecular Hbond substituents is 1. The molecule has 5 amide bonds. The van der Waals surface area contributed by atoms with E-state index in [1.54, 1.807) is 24.4 Å². The van der Waals surface area contributed by atoms with E-state index in [0.717, 1.165) is 92.3 Å². The van der Waals surface area contributed by atoms with Crippen LogP contribution in [0, 0.1) is 23.6 Å². The van der Waals surface area contributed by atoms with Crippen molar-refractivity contribution in [3.8, 4) is 28.8 Å². The van der Waals surface area contributed by atoms with Gasteiger partial charge in [-0.15, -0.1) is 0 Å². The predicted molar refractivity (Wildman–Crippen MR) is 277 cm³/mol. The number of fused-ring (bicyclic) bond motifs is 6. The van der Waals surface area contributed by atoms with Crippen LogP contribution in [0.5, 0.6) is 17.5 Å². The SMILES string of the molecule is CN1C[C@H](N2CCC(C(=O)NCCOCCOc3ccc4c(c3)C(=O)N(C3CCC(=O)NC3=O)C4=O)CC2)C[C@@H]1COc1nc(N2CC3CC4CCC4CC(C2)N3)c2cnc(-c3cc(O)cc4ccccc34)c(F)c2n1. The molecule has 19 nitrogen and oxygen atoms in total. The zero-order chi connectivity index (χ0) is 52.2. The number of pyridine rings is 1. The van der Waals surface area contributed by atoms with Crippen LogP contribution >= 0.6 is 0 Å². The van der Waals surface area contributed by atoms with Crippen molar-refractivity contribution in [3.63, 3.8) is 0 Å². The van der Waals surface area contributed by atoms with Gasteiger partial charge in [-0.2, -0.15) is 9.97 Å². The first kappa shape index (κ1) is 50.0. The average molecular weight is 1040 g/mol. The number of hydrogen-bond acceptors (Lipinski definition) is 16. The van der Waals surface area contributed by atoms with Crippen molar-refractivity contribution < 1.29 is 47.7 Å². The summed E-state index contributed by atoms with van der Waals surface area (Å²) in [5, 5.41) is 21.9. The van der Waals surface area contributed by atoms with Crippen molar-refractivity contribution in [2.45, 2.75) is 88.0 Å². The van der Waals surface area contributed by atoms with Crippen molar-refractivity contribution in [2.75, 3.05) is 77.6 Å². The third-order valence-electron chi connectivity index (χ3n) is 17.1. The molecule has 0 radical (unpaired) electrons. The quantitative estimate of drug-likeness (QED) is 0.0842. The number of benzene rings is 3. The Balaban J connectivity index is 0.626. The predicted octanol–water partition coefficient (Wildman–Crippen LogP) is 4.43. The molecule has 20 heteroatoms. The zero-order valence-corrected chi connectivity index (χ0v) is 42.5. The maximum absolute atomic E-state index is 17.2. The van der Waals surface area contributed by atoms with Gasteiger partial charge in [0.05, 0.1) is 29.7 Å². The Morgan fingerprint density at radius 2 is 1.61 bits per heavy atom. The molecule has 3 aromatic carbocycles. The Bertz CT molecular complexity index is 3100. The Kier molecular flexibility index (Phi) is 13.8. The summed E-state index contributed by atoms with van der Waals surface area (Å²) in [6.45, 7) is 5.29. The number of carbonyl (C=O) groups is 5. The number of rotatable bonds is 15. The summed E-state index contributed by atoms with van der Waals surface area (Å²) in [4.78, 5) is 85.8. The summed E-state index contributed by atoms with van der Waals surface area (Å²) in [6.07, 6.45) is 8.96. The van der Waals surface area contributed by atoms with Gasteiger partial charge < -0.3 is 34.9 Å². The van der Waals surface area contributed by atoms with Crippen molar-refractivity contribution in [1.82, 2.24) is 45.6 Å². The molecule has 1 aliphatic carbocycles. The number of phenols is 1. The van der Waals surface area contributed by atoms with E-state index >= 15 is 4.39 Å². The molecule has 6 fully saturated rings. The second-order valence-electron chi connectivity index (χ2n) is 21.8. The van der Waals surface area contributed by atoms with E-state index in [-0.39, 0.29) is 90.7 Å². The maximum Gasteiger partial charge on any atom is 0.319 e. The van der Waals surface area contributed by atoms with Crippen LogP contribution < -0.4 is 30.3 Å². The number of carbonyl (C=O) groups excluding carboxylic acids is 5. The molecule has 8 heterocycles. The first-order chi connectivity index (χ1) is 36.9. The highest BCUT2D eigenvalue weighted by atomic mass is 19.1. The summed E-state index contributed by atoms with van der Waals surface area (Å²) >= 11 is 0. The number of nitrogens with zero attached hydrogens (tertiary/aromatic N) is 7. The molecule has 1 saturated carbocycles. The highest BCUT2D eigenvalue weighted by Gasteiger charge is 2.46. The van der Waals surface area contributed by atoms with Crippen LogP contribution in [0.3, 0.4) is 0 Å². The van der Waals surface area contributed by atoms with Gasteiger partial charge in [-0.25, -0.2) is 4.39 Å². The summed E-state index contributed by atoms with van der Waals surface area (Å²) in [6, 6.07) is 15.4. The lowest BCUT2D eigenvalue weighted by Crippen LogP contribution is -2.56. The summed E-state index contributed by atoms with van der Waals surface area (Å²) < 4.78 is 35.2. The third-order valence-corrected chi connectivity index (χ3v) is 17.1. The van der Waals surface area contributed by atoms with Gasteiger partial charge in [-0.3, -0.25) is 49.0 Å². The van der Waals surface area contributed by atoms with Crippen molar-refractivity contribution in [2.24, 2.45) is 17.8 Å². The number of aromatic nitrogens is 3. The zero-order valence-electron chi connectivity index (χ0n) is 42.5. The first-order valence-electron chi connectivity index (χ1n) is 26.9. The third kappa shape index (κ3) is 9.79. The number of likely N-dealkylation sites (N-methyl/N-ethyl adjacent to an activating group) is 1. The average Bonchev–Trinajstić information content (AvgIpc) is 3.90. The van der Waals surface area contributed by atoms with Crippen LogP contribution in [-0.4, -0.2) is 167 Å². The molecule has 7 aliphatic rings. The van der Waals surface area contributed by atoms with E-state index in [0.29, 0.717) is 47.8 Å². The van der Waals surface area contributed by atoms with Crippen LogP contribution in [0.1, 0.15) is 78.5 Å². The largest absolute Gasteiger partial charge is 0.508 e. The Labute approximate surface area is 438 Å².